The highest BCUT2D eigenvalue weighted by atomic mass is 35.5. The minimum Gasteiger partial charge on any atom is -0.264 e. The van der Waals surface area contributed by atoms with Gasteiger partial charge in [0.2, 0.25) is 4.96 Å². The SMILES string of the molecule is CC(Cl)c1nn2c(-c3cccnc3)nnc2s1. The molecule has 7 heteroatoms. The molecule has 3 heterocycles. The third kappa shape index (κ3) is 1.79. The summed E-state index contributed by atoms with van der Waals surface area (Å²) in [7, 11) is 0. The molecule has 3 aromatic rings. The fourth-order valence-electron chi connectivity index (χ4n) is 1.47. The molecule has 0 fully saturated rings. The average molecular weight is 266 g/mol. The van der Waals surface area contributed by atoms with E-state index in [2.05, 4.69) is 20.3 Å². The van der Waals surface area contributed by atoms with Gasteiger partial charge in [0.25, 0.3) is 0 Å². The zero-order valence-electron chi connectivity index (χ0n) is 8.91. The van der Waals surface area contributed by atoms with Crippen LogP contribution in [0.15, 0.2) is 24.5 Å². The number of halogens is 1. The summed E-state index contributed by atoms with van der Waals surface area (Å²) in [5.41, 5.74) is 0.888. The van der Waals surface area contributed by atoms with Crippen molar-refractivity contribution in [1.82, 2.24) is 24.8 Å². The van der Waals surface area contributed by atoms with Crippen LogP contribution in [0.1, 0.15) is 17.3 Å². The summed E-state index contributed by atoms with van der Waals surface area (Å²) >= 11 is 7.45. The minimum atomic E-state index is -0.122. The molecule has 3 rings (SSSR count). The molecule has 0 aliphatic rings. The Balaban J connectivity index is 2.18. The molecule has 0 spiro atoms. The van der Waals surface area contributed by atoms with E-state index in [1.807, 2.05) is 19.1 Å². The Morgan fingerprint density at radius 1 is 1.41 bits per heavy atom. The van der Waals surface area contributed by atoms with Gasteiger partial charge in [-0.1, -0.05) is 11.3 Å². The van der Waals surface area contributed by atoms with E-state index in [1.54, 1.807) is 16.9 Å². The smallest absolute Gasteiger partial charge is 0.235 e. The second-order valence-electron chi connectivity index (χ2n) is 3.52. The summed E-state index contributed by atoms with van der Waals surface area (Å²) < 4.78 is 1.70. The lowest BCUT2D eigenvalue weighted by atomic mass is 10.3. The van der Waals surface area contributed by atoms with E-state index in [0.29, 0.717) is 5.82 Å². The summed E-state index contributed by atoms with van der Waals surface area (Å²) in [4.78, 5) is 4.80. The zero-order valence-corrected chi connectivity index (χ0v) is 10.5. The van der Waals surface area contributed by atoms with E-state index in [0.717, 1.165) is 15.5 Å². The molecule has 0 N–H and O–H groups in total. The van der Waals surface area contributed by atoms with Crippen LogP contribution in [-0.2, 0) is 0 Å². The highest BCUT2D eigenvalue weighted by Gasteiger charge is 2.15. The van der Waals surface area contributed by atoms with Gasteiger partial charge in [-0.05, 0) is 19.1 Å². The molecule has 86 valence electrons. The number of alkyl halides is 1. The van der Waals surface area contributed by atoms with Crippen molar-refractivity contribution in [2.75, 3.05) is 0 Å². The van der Waals surface area contributed by atoms with Gasteiger partial charge in [0, 0.05) is 18.0 Å². The zero-order chi connectivity index (χ0) is 11.8. The van der Waals surface area contributed by atoms with Gasteiger partial charge in [-0.25, -0.2) is 0 Å². The van der Waals surface area contributed by atoms with Gasteiger partial charge in [0.05, 0.1) is 5.38 Å². The third-order valence-corrected chi connectivity index (χ3v) is 3.68. The van der Waals surface area contributed by atoms with E-state index in [1.165, 1.54) is 11.3 Å². The monoisotopic (exact) mass is 265 g/mol. The summed E-state index contributed by atoms with van der Waals surface area (Å²) in [5, 5.41) is 13.3. The number of pyridine rings is 1. The highest BCUT2D eigenvalue weighted by Crippen LogP contribution is 2.26. The van der Waals surface area contributed by atoms with Crippen LogP contribution in [-0.4, -0.2) is 24.8 Å². The number of hydrogen-bond acceptors (Lipinski definition) is 5. The molecule has 0 radical (unpaired) electrons. The Labute approximate surface area is 106 Å². The molecule has 3 aromatic heterocycles. The fourth-order valence-corrected chi connectivity index (χ4v) is 2.41. The second kappa shape index (κ2) is 4.05. The topological polar surface area (TPSA) is 56.0 Å². The number of nitrogens with zero attached hydrogens (tertiary/aromatic N) is 5. The normalized spacial score (nSPS) is 13.1. The Hall–Kier alpha value is -1.53. The van der Waals surface area contributed by atoms with Gasteiger partial charge >= 0.3 is 0 Å². The van der Waals surface area contributed by atoms with Crippen LogP contribution >= 0.6 is 22.9 Å². The standard InChI is InChI=1S/C10H8ClN5S/c1-6(11)9-15-16-8(13-14-10(16)17-9)7-3-2-4-12-5-7/h2-6H,1H3. The van der Waals surface area contributed by atoms with Crippen molar-refractivity contribution in [3.05, 3.63) is 29.5 Å². The van der Waals surface area contributed by atoms with Crippen molar-refractivity contribution >= 4 is 27.9 Å². The van der Waals surface area contributed by atoms with Crippen molar-refractivity contribution in [3.8, 4) is 11.4 Å². The predicted octanol–water partition coefficient (Wildman–Crippen LogP) is 2.55. The van der Waals surface area contributed by atoms with Crippen LogP contribution in [0, 0.1) is 0 Å². The maximum absolute atomic E-state index is 6.00. The molecule has 0 aromatic carbocycles. The van der Waals surface area contributed by atoms with Gasteiger partial charge in [-0.3, -0.25) is 4.98 Å². The van der Waals surface area contributed by atoms with Gasteiger partial charge < -0.3 is 0 Å². The molecule has 0 saturated carbocycles. The Bertz CT molecular complexity index is 645. The van der Waals surface area contributed by atoms with Gasteiger partial charge in [-0.2, -0.15) is 9.61 Å². The lowest BCUT2D eigenvalue weighted by Crippen LogP contribution is -1.92. The molecular formula is C10H8ClN5S. The third-order valence-electron chi connectivity index (χ3n) is 2.27. The fraction of sp³-hybridized carbons (Fsp3) is 0.200. The first-order valence-corrected chi connectivity index (χ1v) is 6.27. The summed E-state index contributed by atoms with van der Waals surface area (Å²) in [6.45, 7) is 1.89. The maximum Gasteiger partial charge on any atom is 0.235 e. The van der Waals surface area contributed by atoms with Crippen molar-refractivity contribution < 1.29 is 0 Å². The molecule has 1 atom stereocenters. The lowest BCUT2D eigenvalue weighted by molar-refractivity contribution is 0.894. The number of aromatic nitrogens is 5. The predicted molar refractivity (Wildman–Crippen MR) is 66.2 cm³/mol. The van der Waals surface area contributed by atoms with E-state index in [9.17, 15) is 0 Å². The molecule has 17 heavy (non-hydrogen) atoms. The molecule has 5 nitrogen and oxygen atoms in total. The quantitative estimate of drug-likeness (QED) is 0.668. The number of hydrogen-bond donors (Lipinski definition) is 0. The Morgan fingerprint density at radius 3 is 3.00 bits per heavy atom. The van der Waals surface area contributed by atoms with E-state index < -0.39 is 0 Å². The van der Waals surface area contributed by atoms with Crippen LogP contribution in [0.25, 0.3) is 16.3 Å². The first-order chi connectivity index (χ1) is 8.25. The van der Waals surface area contributed by atoms with E-state index in [-0.39, 0.29) is 5.38 Å². The van der Waals surface area contributed by atoms with Crippen LogP contribution in [0.2, 0.25) is 0 Å². The number of rotatable bonds is 2. The largest absolute Gasteiger partial charge is 0.264 e. The average Bonchev–Trinajstić information content (AvgIpc) is 2.89. The number of fused-ring (bicyclic) bond motifs is 1. The first kappa shape index (κ1) is 10.6. The van der Waals surface area contributed by atoms with E-state index in [4.69, 9.17) is 11.6 Å². The highest BCUT2D eigenvalue weighted by molar-refractivity contribution is 7.17. The van der Waals surface area contributed by atoms with Crippen molar-refractivity contribution in [3.63, 3.8) is 0 Å². The summed E-state index contributed by atoms with van der Waals surface area (Å²) in [5.74, 6) is 0.688. The molecule has 1 unspecified atom stereocenters. The molecule has 0 saturated heterocycles. The Kier molecular flexibility index (Phi) is 2.53. The minimum absolute atomic E-state index is 0.122. The molecule has 0 amide bonds. The van der Waals surface area contributed by atoms with Crippen LogP contribution in [0.3, 0.4) is 0 Å². The van der Waals surface area contributed by atoms with Gasteiger partial charge in [0.1, 0.15) is 5.01 Å². The Morgan fingerprint density at radius 2 is 2.29 bits per heavy atom. The molecule has 0 aliphatic heterocycles. The molecule has 0 bridgehead atoms. The molecule has 0 aliphatic carbocycles. The van der Waals surface area contributed by atoms with Crippen molar-refractivity contribution in [1.29, 1.82) is 0 Å². The molecular weight excluding hydrogens is 258 g/mol. The summed E-state index contributed by atoms with van der Waals surface area (Å²) in [6.07, 6.45) is 3.45. The first-order valence-electron chi connectivity index (χ1n) is 5.02. The second-order valence-corrected chi connectivity index (χ2v) is 5.16. The van der Waals surface area contributed by atoms with Crippen molar-refractivity contribution in [2.24, 2.45) is 0 Å². The maximum atomic E-state index is 6.00. The van der Waals surface area contributed by atoms with E-state index >= 15 is 0 Å². The van der Waals surface area contributed by atoms with Crippen molar-refractivity contribution in [2.45, 2.75) is 12.3 Å². The lowest BCUT2D eigenvalue weighted by Gasteiger charge is -1.95. The van der Waals surface area contributed by atoms with Crippen LogP contribution < -0.4 is 0 Å². The van der Waals surface area contributed by atoms with Gasteiger partial charge in [0.15, 0.2) is 5.82 Å². The summed E-state index contributed by atoms with van der Waals surface area (Å²) in [6, 6.07) is 3.78. The van der Waals surface area contributed by atoms with Crippen LogP contribution in [0.5, 0.6) is 0 Å². The van der Waals surface area contributed by atoms with Crippen LogP contribution in [0.4, 0.5) is 0 Å². The van der Waals surface area contributed by atoms with Gasteiger partial charge in [-0.15, -0.1) is 21.8 Å².